The third kappa shape index (κ3) is 4.39. The predicted octanol–water partition coefficient (Wildman–Crippen LogP) is 3.58. The normalized spacial score (nSPS) is 10.2. The smallest absolute Gasteiger partial charge is 0.0900 e. The van der Waals surface area contributed by atoms with Gasteiger partial charge in [-0.25, -0.2) is 4.98 Å². The van der Waals surface area contributed by atoms with Gasteiger partial charge >= 0.3 is 0 Å². The van der Waals surface area contributed by atoms with Crippen LogP contribution in [0.25, 0.3) is 0 Å². The Hall–Kier alpha value is -0.420. The average Bonchev–Trinajstić information content (AvgIpc) is 2.84. The van der Waals surface area contributed by atoms with Gasteiger partial charge in [-0.15, -0.1) is 23.7 Å². The molecule has 0 saturated heterocycles. The molecule has 2 nitrogen and oxygen atoms in total. The maximum atomic E-state index is 4.43. The minimum absolute atomic E-state index is 0. The third-order valence-corrected chi connectivity index (χ3v) is 4.30. The first-order valence-corrected chi connectivity index (χ1v) is 7.16. The highest BCUT2D eigenvalue weighted by atomic mass is 35.5. The first-order valence-electron chi connectivity index (χ1n) is 5.40. The van der Waals surface area contributed by atoms with Crippen LogP contribution in [0.1, 0.15) is 21.1 Å². The number of thiazole rings is 1. The molecule has 0 atom stereocenters. The number of hydrogen-bond donors (Lipinski definition) is 1. The maximum absolute atomic E-state index is 4.43. The van der Waals surface area contributed by atoms with E-state index in [9.17, 15) is 0 Å². The van der Waals surface area contributed by atoms with Crippen molar-refractivity contribution in [3.8, 4) is 0 Å². The molecule has 0 aliphatic heterocycles. The Kier molecular flexibility index (Phi) is 6.12. The van der Waals surface area contributed by atoms with E-state index in [0.29, 0.717) is 0 Å². The molecule has 0 fully saturated rings. The second kappa shape index (κ2) is 7.11. The van der Waals surface area contributed by atoms with Crippen molar-refractivity contribution < 1.29 is 0 Å². The molecular formula is C12H17ClN2S2. The lowest BCUT2D eigenvalue weighted by molar-refractivity contribution is 0.690. The van der Waals surface area contributed by atoms with Gasteiger partial charge in [0.15, 0.2) is 0 Å². The van der Waals surface area contributed by atoms with Crippen LogP contribution >= 0.6 is 35.1 Å². The molecule has 0 aliphatic rings. The van der Waals surface area contributed by atoms with Gasteiger partial charge in [0.25, 0.3) is 0 Å². The molecule has 5 heteroatoms. The molecular weight excluding hydrogens is 272 g/mol. The van der Waals surface area contributed by atoms with Crippen molar-refractivity contribution in [2.75, 3.05) is 6.54 Å². The summed E-state index contributed by atoms with van der Waals surface area (Å²) in [4.78, 5) is 5.84. The van der Waals surface area contributed by atoms with Gasteiger partial charge in [0.1, 0.15) is 0 Å². The van der Waals surface area contributed by atoms with Crippen LogP contribution in [0.4, 0.5) is 0 Å². The van der Waals surface area contributed by atoms with Crippen LogP contribution in [0.15, 0.2) is 16.8 Å². The van der Waals surface area contributed by atoms with Crippen LogP contribution in [-0.2, 0) is 13.0 Å². The summed E-state index contributed by atoms with van der Waals surface area (Å²) in [7, 11) is 0. The molecule has 2 rings (SSSR count). The fourth-order valence-corrected chi connectivity index (χ4v) is 3.24. The van der Waals surface area contributed by atoms with Crippen molar-refractivity contribution in [1.82, 2.24) is 10.3 Å². The number of aromatic nitrogens is 1. The van der Waals surface area contributed by atoms with E-state index in [1.54, 1.807) is 11.3 Å². The molecule has 94 valence electrons. The molecule has 2 heterocycles. The summed E-state index contributed by atoms with van der Waals surface area (Å²) in [6, 6.07) is 2.17. The van der Waals surface area contributed by atoms with Crippen molar-refractivity contribution in [3.05, 3.63) is 38.0 Å². The number of halogens is 1. The lowest BCUT2D eigenvalue weighted by Gasteiger charge is -2.02. The summed E-state index contributed by atoms with van der Waals surface area (Å²) < 4.78 is 0. The molecule has 0 radical (unpaired) electrons. The van der Waals surface area contributed by atoms with Gasteiger partial charge in [-0.3, -0.25) is 0 Å². The van der Waals surface area contributed by atoms with Gasteiger partial charge in [-0.2, -0.15) is 11.3 Å². The first kappa shape index (κ1) is 14.6. The summed E-state index contributed by atoms with van der Waals surface area (Å²) in [5, 5.41) is 8.94. The van der Waals surface area contributed by atoms with E-state index in [0.717, 1.165) is 19.5 Å². The van der Waals surface area contributed by atoms with Gasteiger partial charge in [0.05, 0.1) is 10.7 Å². The molecule has 0 aromatic carbocycles. The molecule has 0 saturated carbocycles. The second-order valence-corrected chi connectivity index (χ2v) is 5.87. The Morgan fingerprint density at radius 3 is 2.76 bits per heavy atom. The van der Waals surface area contributed by atoms with Crippen LogP contribution in [0.5, 0.6) is 0 Å². The molecule has 17 heavy (non-hydrogen) atoms. The standard InChI is InChI=1S/C12H16N2S2.ClH/c1-9-12(16-10(2)14-9)3-5-13-7-11-4-6-15-8-11;/h4,6,8,13H,3,5,7H2,1-2H3;1H. The van der Waals surface area contributed by atoms with E-state index in [4.69, 9.17) is 0 Å². The van der Waals surface area contributed by atoms with Crippen molar-refractivity contribution in [1.29, 1.82) is 0 Å². The Morgan fingerprint density at radius 1 is 1.35 bits per heavy atom. The third-order valence-electron chi connectivity index (χ3n) is 2.44. The van der Waals surface area contributed by atoms with Crippen molar-refractivity contribution in [3.63, 3.8) is 0 Å². The van der Waals surface area contributed by atoms with Gasteiger partial charge in [0.2, 0.25) is 0 Å². The summed E-state index contributed by atoms with van der Waals surface area (Å²) >= 11 is 3.57. The Labute approximate surface area is 117 Å². The zero-order valence-electron chi connectivity index (χ0n) is 10.0. The van der Waals surface area contributed by atoms with E-state index < -0.39 is 0 Å². The van der Waals surface area contributed by atoms with Crippen LogP contribution in [-0.4, -0.2) is 11.5 Å². The topological polar surface area (TPSA) is 24.9 Å². The zero-order valence-corrected chi connectivity index (χ0v) is 12.5. The fourth-order valence-electron chi connectivity index (χ4n) is 1.63. The molecule has 0 amide bonds. The van der Waals surface area contributed by atoms with Gasteiger partial charge in [0, 0.05) is 18.0 Å². The number of nitrogens with zero attached hydrogens (tertiary/aromatic N) is 1. The van der Waals surface area contributed by atoms with E-state index >= 15 is 0 Å². The highest BCUT2D eigenvalue weighted by Crippen LogP contribution is 2.17. The van der Waals surface area contributed by atoms with Gasteiger partial charge < -0.3 is 5.32 Å². The molecule has 2 aromatic heterocycles. The summed E-state index contributed by atoms with van der Waals surface area (Å²) in [6.45, 7) is 6.16. The lowest BCUT2D eigenvalue weighted by Crippen LogP contribution is -2.16. The van der Waals surface area contributed by atoms with Gasteiger partial charge in [-0.05, 0) is 42.7 Å². The molecule has 0 aliphatic carbocycles. The van der Waals surface area contributed by atoms with Crippen LogP contribution < -0.4 is 5.32 Å². The monoisotopic (exact) mass is 288 g/mol. The van der Waals surface area contributed by atoms with E-state index in [2.05, 4.69) is 41.0 Å². The van der Waals surface area contributed by atoms with Gasteiger partial charge in [-0.1, -0.05) is 0 Å². The quantitative estimate of drug-likeness (QED) is 0.851. The molecule has 0 spiro atoms. The van der Waals surface area contributed by atoms with Crippen LogP contribution in [0, 0.1) is 13.8 Å². The highest BCUT2D eigenvalue weighted by molar-refractivity contribution is 7.11. The number of nitrogens with one attached hydrogen (secondary N) is 1. The number of rotatable bonds is 5. The van der Waals surface area contributed by atoms with E-state index in [1.165, 1.54) is 21.1 Å². The Morgan fingerprint density at radius 2 is 2.18 bits per heavy atom. The minimum atomic E-state index is 0. The predicted molar refractivity (Wildman–Crippen MR) is 78.6 cm³/mol. The molecule has 2 aromatic rings. The summed E-state index contributed by atoms with van der Waals surface area (Å²) in [6.07, 6.45) is 1.08. The zero-order chi connectivity index (χ0) is 11.4. The van der Waals surface area contributed by atoms with Crippen molar-refractivity contribution >= 4 is 35.1 Å². The van der Waals surface area contributed by atoms with Crippen LogP contribution in [0.2, 0.25) is 0 Å². The Bertz CT molecular complexity index is 437. The lowest BCUT2D eigenvalue weighted by atomic mass is 10.3. The van der Waals surface area contributed by atoms with Crippen molar-refractivity contribution in [2.24, 2.45) is 0 Å². The van der Waals surface area contributed by atoms with Crippen molar-refractivity contribution in [2.45, 2.75) is 26.8 Å². The number of thiophene rings is 1. The Balaban J connectivity index is 0.00000144. The highest BCUT2D eigenvalue weighted by Gasteiger charge is 2.03. The maximum Gasteiger partial charge on any atom is 0.0900 e. The number of aryl methyl sites for hydroxylation is 2. The minimum Gasteiger partial charge on any atom is -0.312 e. The average molecular weight is 289 g/mol. The molecule has 1 N–H and O–H groups in total. The number of hydrogen-bond acceptors (Lipinski definition) is 4. The SMILES string of the molecule is Cc1nc(C)c(CCNCc2ccsc2)s1.Cl. The van der Waals surface area contributed by atoms with E-state index in [-0.39, 0.29) is 12.4 Å². The second-order valence-electron chi connectivity index (χ2n) is 3.80. The molecule has 0 bridgehead atoms. The molecule has 0 unspecified atom stereocenters. The van der Waals surface area contributed by atoms with E-state index in [1.807, 2.05) is 11.3 Å². The largest absolute Gasteiger partial charge is 0.312 e. The summed E-state index contributed by atoms with van der Waals surface area (Å²) in [5.74, 6) is 0. The first-order chi connectivity index (χ1) is 7.75. The fraction of sp³-hybridized carbons (Fsp3) is 0.417. The summed E-state index contributed by atoms with van der Waals surface area (Å²) in [5.41, 5.74) is 2.57. The van der Waals surface area contributed by atoms with Crippen LogP contribution in [0.3, 0.4) is 0 Å².